The second kappa shape index (κ2) is 5.15. The predicted molar refractivity (Wildman–Crippen MR) is 80.8 cm³/mol. The number of aryl methyl sites for hydroxylation is 1. The average molecular weight is 330 g/mol. The molecule has 126 valence electrons. The molecule has 0 aromatic carbocycles. The highest BCUT2D eigenvalue weighted by Crippen LogP contribution is 2.30. The molecule has 2 aromatic rings. The van der Waals surface area contributed by atoms with E-state index in [1.54, 1.807) is 13.8 Å². The van der Waals surface area contributed by atoms with Gasteiger partial charge in [-0.25, -0.2) is 4.79 Å². The van der Waals surface area contributed by atoms with Gasteiger partial charge >= 0.3 is 6.03 Å². The quantitative estimate of drug-likeness (QED) is 0.807. The SMILES string of the molecule is CC1(C)NC(=O)N(Cc2noc(C3CCc4cn[nH]c4C3)n2)C1=O. The van der Waals surface area contributed by atoms with Crippen molar-refractivity contribution in [3.8, 4) is 0 Å². The van der Waals surface area contributed by atoms with E-state index in [0.29, 0.717) is 11.7 Å². The van der Waals surface area contributed by atoms with Crippen LogP contribution in [0.4, 0.5) is 4.79 Å². The molecule has 24 heavy (non-hydrogen) atoms. The minimum absolute atomic E-state index is 0.0135. The van der Waals surface area contributed by atoms with E-state index in [1.807, 2.05) is 6.20 Å². The molecule has 0 bridgehead atoms. The number of aromatic nitrogens is 4. The summed E-state index contributed by atoms with van der Waals surface area (Å²) in [4.78, 5) is 29.6. The molecule has 0 saturated carbocycles. The number of aromatic amines is 1. The zero-order valence-electron chi connectivity index (χ0n) is 13.5. The number of fused-ring (bicyclic) bond motifs is 1. The zero-order chi connectivity index (χ0) is 16.9. The molecule has 1 atom stereocenters. The summed E-state index contributed by atoms with van der Waals surface area (Å²) in [6.45, 7) is 3.34. The molecule has 1 saturated heterocycles. The Bertz CT molecular complexity index is 808. The van der Waals surface area contributed by atoms with Gasteiger partial charge in [0, 0.05) is 18.0 Å². The lowest BCUT2D eigenvalue weighted by Gasteiger charge is -2.17. The summed E-state index contributed by atoms with van der Waals surface area (Å²) in [6.07, 6.45) is 4.44. The van der Waals surface area contributed by atoms with E-state index in [2.05, 4.69) is 25.7 Å². The van der Waals surface area contributed by atoms with Gasteiger partial charge in [-0.15, -0.1) is 0 Å². The van der Waals surface area contributed by atoms with Gasteiger partial charge in [-0.3, -0.25) is 14.8 Å². The Balaban J connectivity index is 1.48. The number of nitrogens with zero attached hydrogens (tertiary/aromatic N) is 4. The highest BCUT2D eigenvalue weighted by Gasteiger charge is 2.44. The molecule has 3 heterocycles. The van der Waals surface area contributed by atoms with Gasteiger partial charge in [-0.2, -0.15) is 10.1 Å². The number of hydrogen-bond acceptors (Lipinski definition) is 6. The molecule has 1 aliphatic heterocycles. The van der Waals surface area contributed by atoms with Gasteiger partial charge in [0.25, 0.3) is 5.91 Å². The molecule has 3 amide bonds. The molecule has 4 rings (SSSR count). The van der Waals surface area contributed by atoms with Gasteiger partial charge in [-0.05, 0) is 32.3 Å². The molecule has 9 nitrogen and oxygen atoms in total. The number of imide groups is 1. The van der Waals surface area contributed by atoms with Crippen LogP contribution in [0.5, 0.6) is 0 Å². The van der Waals surface area contributed by atoms with Gasteiger partial charge in [0.15, 0.2) is 5.82 Å². The number of carbonyl (C=O) groups is 2. The summed E-state index contributed by atoms with van der Waals surface area (Å²) in [5.41, 5.74) is 1.43. The maximum absolute atomic E-state index is 12.2. The average Bonchev–Trinajstić information content (AvgIpc) is 3.22. The van der Waals surface area contributed by atoms with Crippen molar-refractivity contribution in [2.75, 3.05) is 0 Å². The third kappa shape index (κ3) is 2.36. The molecular weight excluding hydrogens is 312 g/mol. The monoisotopic (exact) mass is 330 g/mol. The molecule has 0 radical (unpaired) electrons. The van der Waals surface area contributed by atoms with Crippen molar-refractivity contribution in [3.05, 3.63) is 29.2 Å². The van der Waals surface area contributed by atoms with Crippen molar-refractivity contribution in [3.63, 3.8) is 0 Å². The first-order chi connectivity index (χ1) is 11.4. The van der Waals surface area contributed by atoms with Gasteiger partial charge in [0.1, 0.15) is 5.54 Å². The van der Waals surface area contributed by atoms with Crippen molar-refractivity contribution in [1.82, 2.24) is 30.6 Å². The lowest BCUT2D eigenvalue weighted by molar-refractivity contribution is -0.130. The molecule has 2 aromatic heterocycles. The van der Waals surface area contributed by atoms with E-state index in [9.17, 15) is 9.59 Å². The number of urea groups is 1. The van der Waals surface area contributed by atoms with Crippen LogP contribution in [0.1, 0.15) is 49.2 Å². The molecule has 1 fully saturated rings. The van der Waals surface area contributed by atoms with E-state index < -0.39 is 11.6 Å². The first kappa shape index (κ1) is 14.9. The third-order valence-electron chi connectivity index (χ3n) is 4.60. The van der Waals surface area contributed by atoms with Gasteiger partial charge in [0.05, 0.1) is 12.7 Å². The van der Waals surface area contributed by atoms with E-state index in [1.165, 1.54) is 5.56 Å². The number of rotatable bonds is 3. The minimum atomic E-state index is -0.899. The van der Waals surface area contributed by atoms with E-state index in [0.717, 1.165) is 29.9 Å². The molecule has 0 spiro atoms. The Labute approximate surface area is 137 Å². The maximum Gasteiger partial charge on any atom is 0.325 e. The normalized spacial score (nSPS) is 22.6. The van der Waals surface area contributed by atoms with Gasteiger partial charge in [0.2, 0.25) is 5.89 Å². The van der Waals surface area contributed by atoms with Crippen LogP contribution in [0.25, 0.3) is 0 Å². The van der Waals surface area contributed by atoms with Crippen molar-refractivity contribution in [2.45, 2.75) is 51.1 Å². The van der Waals surface area contributed by atoms with E-state index in [-0.39, 0.29) is 18.4 Å². The fourth-order valence-corrected chi connectivity index (χ4v) is 3.22. The van der Waals surface area contributed by atoms with Crippen LogP contribution >= 0.6 is 0 Å². The largest absolute Gasteiger partial charge is 0.339 e. The Morgan fingerprint density at radius 2 is 2.25 bits per heavy atom. The highest BCUT2D eigenvalue weighted by atomic mass is 16.5. The molecular formula is C15H18N6O3. The number of amides is 3. The second-order valence-electron chi connectivity index (χ2n) is 6.81. The van der Waals surface area contributed by atoms with Crippen molar-refractivity contribution in [1.29, 1.82) is 0 Å². The summed E-state index contributed by atoms with van der Waals surface area (Å²) < 4.78 is 5.36. The molecule has 1 unspecified atom stereocenters. The predicted octanol–water partition coefficient (Wildman–Crippen LogP) is 0.896. The number of nitrogens with one attached hydrogen (secondary N) is 2. The van der Waals surface area contributed by atoms with E-state index >= 15 is 0 Å². The fourth-order valence-electron chi connectivity index (χ4n) is 3.22. The van der Waals surface area contributed by atoms with Crippen molar-refractivity contribution in [2.24, 2.45) is 0 Å². The summed E-state index contributed by atoms with van der Waals surface area (Å²) in [5.74, 6) is 0.704. The third-order valence-corrected chi connectivity index (χ3v) is 4.60. The Hall–Kier alpha value is -2.71. The molecule has 1 aliphatic carbocycles. The highest BCUT2D eigenvalue weighted by molar-refractivity contribution is 6.06. The first-order valence-electron chi connectivity index (χ1n) is 7.92. The standard InChI is InChI=1S/C15H18N6O3/c1-15(2)13(22)21(14(23)18-15)7-11-17-12(24-20-11)8-3-4-9-6-16-19-10(9)5-8/h6,8H,3-5,7H2,1-2H3,(H,16,19)(H,18,23). The van der Waals surface area contributed by atoms with Crippen LogP contribution in [0, 0.1) is 0 Å². The smallest absolute Gasteiger partial charge is 0.325 e. The van der Waals surface area contributed by atoms with Crippen molar-refractivity contribution >= 4 is 11.9 Å². The van der Waals surface area contributed by atoms with Crippen molar-refractivity contribution < 1.29 is 14.1 Å². The Morgan fingerprint density at radius 1 is 1.42 bits per heavy atom. The number of H-pyrrole nitrogens is 1. The topological polar surface area (TPSA) is 117 Å². The van der Waals surface area contributed by atoms with Gasteiger partial charge < -0.3 is 9.84 Å². The summed E-state index contributed by atoms with van der Waals surface area (Å²) >= 11 is 0. The van der Waals surface area contributed by atoms with Crippen LogP contribution in [-0.4, -0.2) is 42.7 Å². The van der Waals surface area contributed by atoms with E-state index in [4.69, 9.17) is 4.52 Å². The Morgan fingerprint density at radius 3 is 3.00 bits per heavy atom. The molecule has 9 heteroatoms. The van der Waals surface area contributed by atoms with Crippen LogP contribution in [0.15, 0.2) is 10.7 Å². The number of carbonyl (C=O) groups excluding carboxylic acids is 2. The molecule has 2 aliphatic rings. The first-order valence-corrected chi connectivity index (χ1v) is 7.92. The minimum Gasteiger partial charge on any atom is -0.339 e. The zero-order valence-corrected chi connectivity index (χ0v) is 13.5. The van der Waals surface area contributed by atoms with Crippen LogP contribution in [-0.2, 0) is 24.2 Å². The lowest BCUT2D eigenvalue weighted by Crippen LogP contribution is -2.40. The van der Waals surface area contributed by atoms with Crippen LogP contribution < -0.4 is 5.32 Å². The second-order valence-corrected chi connectivity index (χ2v) is 6.81. The lowest BCUT2D eigenvalue weighted by atomic mass is 9.88. The van der Waals surface area contributed by atoms with Crippen LogP contribution in [0.3, 0.4) is 0 Å². The van der Waals surface area contributed by atoms with Gasteiger partial charge in [-0.1, -0.05) is 5.16 Å². The Kier molecular flexibility index (Phi) is 3.19. The summed E-state index contributed by atoms with van der Waals surface area (Å²) in [5, 5.41) is 13.6. The van der Waals surface area contributed by atoms with Crippen LogP contribution in [0.2, 0.25) is 0 Å². The fraction of sp³-hybridized carbons (Fsp3) is 0.533. The summed E-state index contributed by atoms with van der Waals surface area (Å²) in [6, 6.07) is -0.434. The molecule has 2 N–H and O–H groups in total. The maximum atomic E-state index is 12.2. The number of hydrogen-bond donors (Lipinski definition) is 2. The summed E-state index contributed by atoms with van der Waals surface area (Å²) in [7, 11) is 0.